The minimum absolute atomic E-state index is 0.301. The molecule has 2 aliphatic heterocycles. The fraction of sp³-hybridized carbons (Fsp3) is 0.364. The molecular formula is C22H32F2N6S. The van der Waals surface area contributed by atoms with Crippen molar-refractivity contribution in [2.75, 3.05) is 26.0 Å². The van der Waals surface area contributed by atoms with Gasteiger partial charge in [0.2, 0.25) is 0 Å². The standard InChI is InChI=1S/C19H23FN6S.C2H6.CH3F/c1-2-3-14(4-6-20)25-19(26-22)15-8-13(10-24-18(15)21)16-9-12-5-7-23-11-17(12)27-16;2*1-2/h2-4,6,8,10,16,23H,1,5,7,9,11,22H2,(H2,21,24)(H,25,26);1-2H3;1H3/b6-4+,14-3+;;. The van der Waals surface area contributed by atoms with Gasteiger partial charge in [0, 0.05) is 18.0 Å². The maximum atomic E-state index is 12.6. The smallest absolute Gasteiger partial charge is 0.151 e. The van der Waals surface area contributed by atoms with Gasteiger partial charge >= 0.3 is 0 Å². The van der Waals surface area contributed by atoms with Gasteiger partial charge in [-0.1, -0.05) is 32.1 Å². The molecule has 1 aromatic rings. The van der Waals surface area contributed by atoms with Crippen molar-refractivity contribution in [3.05, 3.63) is 70.7 Å². The second-order valence-corrected chi connectivity index (χ2v) is 7.49. The van der Waals surface area contributed by atoms with Crippen LogP contribution in [0.25, 0.3) is 0 Å². The number of pyridine rings is 1. The lowest BCUT2D eigenvalue weighted by atomic mass is 10.00. The number of rotatable bonds is 5. The van der Waals surface area contributed by atoms with E-state index in [1.807, 2.05) is 31.7 Å². The summed E-state index contributed by atoms with van der Waals surface area (Å²) in [5.41, 5.74) is 12.1. The van der Waals surface area contributed by atoms with Gasteiger partial charge < -0.3 is 16.5 Å². The minimum Gasteiger partial charge on any atom is -0.383 e. The van der Waals surface area contributed by atoms with E-state index in [9.17, 15) is 8.78 Å². The Morgan fingerprint density at radius 1 is 1.42 bits per heavy atom. The topological polar surface area (TPSA) is 101 Å². The molecule has 0 spiro atoms. The van der Waals surface area contributed by atoms with Crippen LogP contribution in [-0.4, -0.2) is 31.1 Å². The zero-order chi connectivity index (χ0) is 23.2. The van der Waals surface area contributed by atoms with Crippen LogP contribution in [0.15, 0.2) is 64.6 Å². The van der Waals surface area contributed by atoms with Crippen LogP contribution >= 0.6 is 11.8 Å². The van der Waals surface area contributed by atoms with E-state index in [2.05, 4.69) is 27.3 Å². The van der Waals surface area contributed by atoms with Crippen LogP contribution in [0.1, 0.15) is 43.1 Å². The summed E-state index contributed by atoms with van der Waals surface area (Å²) in [7, 11) is 0.500. The van der Waals surface area contributed by atoms with Gasteiger partial charge in [-0.15, -0.1) is 11.8 Å². The van der Waals surface area contributed by atoms with Crippen LogP contribution in [-0.2, 0) is 0 Å². The molecule has 1 aromatic heterocycles. The first-order chi connectivity index (χ1) is 15.2. The molecule has 0 saturated heterocycles. The summed E-state index contributed by atoms with van der Waals surface area (Å²) in [6, 6.07) is 1.95. The third-order valence-electron chi connectivity index (χ3n) is 4.47. The number of amidine groups is 1. The first-order valence-corrected chi connectivity index (χ1v) is 10.9. The number of alkyl halides is 1. The Labute approximate surface area is 187 Å². The van der Waals surface area contributed by atoms with E-state index in [4.69, 9.17) is 11.6 Å². The molecule has 0 radical (unpaired) electrons. The Hall–Kier alpha value is -2.49. The number of hydrogen-bond donors (Lipinski definition) is 4. The Kier molecular flexibility index (Phi) is 12.4. The SMILES string of the molecule is C=C/C=C(\C=C\F)N=C(NN)c1cc(C2CC3=C(CNCC3)S2)cnc1N.CC.CF. The molecule has 1 unspecified atom stereocenters. The molecule has 0 bridgehead atoms. The van der Waals surface area contributed by atoms with E-state index in [1.54, 1.807) is 12.3 Å². The predicted octanol–water partition coefficient (Wildman–Crippen LogP) is 4.46. The number of hydrogen-bond acceptors (Lipinski definition) is 6. The molecular weight excluding hydrogens is 418 g/mol. The summed E-state index contributed by atoms with van der Waals surface area (Å²) >= 11 is 1.87. The van der Waals surface area contributed by atoms with Crippen molar-refractivity contribution < 1.29 is 8.78 Å². The number of aromatic nitrogens is 1. The first-order valence-electron chi connectivity index (χ1n) is 10.0. The highest BCUT2D eigenvalue weighted by atomic mass is 32.2. The third-order valence-corrected chi connectivity index (χ3v) is 5.91. The molecule has 3 rings (SSSR count). The number of nitrogens with two attached hydrogens (primary N) is 2. The number of nitrogens with one attached hydrogen (secondary N) is 2. The Morgan fingerprint density at radius 3 is 2.77 bits per heavy atom. The molecule has 6 N–H and O–H groups in total. The van der Waals surface area contributed by atoms with Gasteiger partial charge in [0.1, 0.15) is 5.82 Å². The zero-order valence-electron chi connectivity index (χ0n) is 18.3. The summed E-state index contributed by atoms with van der Waals surface area (Å²) in [6.07, 6.45) is 8.62. The second kappa shape index (κ2) is 14.5. The second-order valence-electron chi connectivity index (χ2n) is 6.19. The number of nitrogens with zero attached hydrogens (tertiary/aromatic N) is 2. The molecule has 0 aliphatic carbocycles. The monoisotopic (exact) mass is 450 g/mol. The quantitative estimate of drug-likeness (QED) is 0.174. The lowest BCUT2D eigenvalue weighted by Gasteiger charge is -2.14. The normalized spacial score (nSPS) is 18.6. The van der Waals surface area contributed by atoms with Gasteiger partial charge in [0.05, 0.1) is 24.8 Å². The van der Waals surface area contributed by atoms with E-state index in [0.717, 1.165) is 31.5 Å². The zero-order valence-corrected chi connectivity index (χ0v) is 19.1. The van der Waals surface area contributed by atoms with Crippen molar-refractivity contribution >= 4 is 23.4 Å². The van der Waals surface area contributed by atoms with Gasteiger partial charge in [0.15, 0.2) is 5.84 Å². The number of nitrogen functional groups attached to an aromatic ring is 1. The summed E-state index contributed by atoms with van der Waals surface area (Å²) in [6.45, 7) is 9.58. The average Bonchev–Trinajstić information content (AvgIpc) is 3.25. The van der Waals surface area contributed by atoms with E-state index in [0.29, 0.717) is 41.7 Å². The molecule has 2 aliphatic rings. The van der Waals surface area contributed by atoms with Crippen molar-refractivity contribution in [3.63, 3.8) is 0 Å². The summed E-state index contributed by atoms with van der Waals surface area (Å²) in [4.78, 5) is 10.1. The molecule has 0 saturated carbocycles. The van der Waals surface area contributed by atoms with Crippen molar-refractivity contribution in [2.24, 2.45) is 10.8 Å². The predicted molar refractivity (Wildman–Crippen MR) is 129 cm³/mol. The van der Waals surface area contributed by atoms with Crippen LogP contribution in [0.5, 0.6) is 0 Å². The van der Waals surface area contributed by atoms with Crippen LogP contribution in [0, 0.1) is 0 Å². The van der Waals surface area contributed by atoms with Gasteiger partial charge in [-0.3, -0.25) is 4.39 Å². The molecule has 1 atom stereocenters. The van der Waals surface area contributed by atoms with Gasteiger partial charge in [-0.05, 0) is 48.1 Å². The molecule has 9 heteroatoms. The molecule has 0 fully saturated rings. The van der Waals surface area contributed by atoms with Crippen LogP contribution < -0.4 is 22.3 Å². The fourth-order valence-corrected chi connectivity index (χ4v) is 4.57. The molecule has 0 aromatic carbocycles. The summed E-state index contributed by atoms with van der Waals surface area (Å²) < 4.78 is 22.1. The number of thioether (sulfide) groups is 1. The summed E-state index contributed by atoms with van der Waals surface area (Å²) in [5.74, 6) is 6.28. The third kappa shape index (κ3) is 7.30. The highest BCUT2D eigenvalue weighted by molar-refractivity contribution is 8.03. The number of allylic oxidation sites excluding steroid dienone is 3. The largest absolute Gasteiger partial charge is 0.383 e. The molecule has 170 valence electrons. The van der Waals surface area contributed by atoms with Gasteiger partial charge in [0.25, 0.3) is 0 Å². The lowest BCUT2D eigenvalue weighted by molar-refractivity contribution is 0.636. The lowest BCUT2D eigenvalue weighted by Crippen LogP contribution is -2.32. The van der Waals surface area contributed by atoms with E-state index < -0.39 is 0 Å². The Morgan fingerprint density at radius 2 is 2.16 bits per heavy atom. The van der Waals surface area contributed by atoms with Crippen molar-refractivity contribution in [2.45, 2.75) is 31.9 Å². The highest BCUT2D eigenvalue weighted by Crippen LogP contribution is 2.49. The summed E-state index contributed by atoms with van der Waals surface area (Å²) in [5, 5.41) is 3.71. The maximum absolute atomic E-state index is 12.6. The maximum Gasteiger partial charge on any atom is 0.151 e. The number of aliphatic imine (C=N–C) groups is 1. The minimum atomic E-state index is 0.301. The van der Waals surface area contributed by atoms with Crippen LogP contribution in [0.4, 0.5) is 14.6 Å². The van der Waals surface area contributed by atoms with E-state index >= 15 is 0 Å². The highest BCUT2D eigenvalue weighted by Gasteiger charge is 2.28. The van der Waals surface area contributed by atoms with Crippen molar-refractivity contribution in [3.8, 4) is 0 Å². The molecule has 0 amide bonds. The van der Waals surface area contributed by atoms with Crippen LogP contribution in [0.3, 0.4) is 0 Å². The number of hydrazine groups is 1. The molecule has 31 heavy (non-hydrogen) atoms. The van der Waals surface area contributed by atoms with Crippen molar-refractivity contribution in [1.82, 2.24) is 15.7 Å². The van der Waals surface area contributed by atoms with E-state index in [-0.39, 0.29) is 0 Å². The van der Waals surface area contributed by atoms with E-state index in [1.165, 1.54) is 22.6 Å². The number of anilines is 1. The Balaban J connectivity index is 0.00000113. The van der Waals surface area contributed by atoms with Gasteiger partial charge in [-0.25, -0.2) is 20.2 Å². The van der Waals surface area contributed by atoms with Crippen LogP contribution in [0.2, 0.25) is 0 Å². The fourth-order valence-electron chi connectivity index (χ4n) is 3.14. The first kappa shape index (κ1) is 26.5. The van der Waals surface area contributed by atoms with Gasteiger partial charge in [-0.2, -0.15) is 0 Å². The molecule has 3 heterocycles. The van der Waals surface area contributed by atoms with Crippen molar-refractivity contribution in [1.29, 1.82) is 0 Å². The average molecular weight is 451 g/mol. The molecule has 6 nitrogen and oxygen atoms in total. The number of halogens is 2. The Bertz CT molecular complexity index is 830.